The molecule has 188 valence electrons. The number of benzene rings is 1. The van der Waals surface area contributed by atoms with Crippen LogP contribution in [0.1, 0.15) is 49.4 Å². The van der Waals surface area contributed by atoms with Gasteiger partial charge in [0.2, 0.25) is 6.79 Å². The zero-order valence-electron chi connectivity index (χ0n) is 21.1. The molecule has 3 aliphatic heterocycles. The first-order valence-corrected chi connectivity index (χ1v) is 12.3. The van der Waals surface area contributed by atoms with Crippen LogP contribution >= 0.6 is 0 Å². The third-order valence-corrected chi connectivity index (χ3v) is 7.18. The third kappa shape index (κ3) is 3.19. The lowest BCUT2D eigenvalue weighted by Crippen LogP contribution is -2.47. The van der Waals surface area contributed by atoms with Crippen LogP contribution in [-0.2, 0) is 39.6 Å². The van der Waals surface area contributed by atoms with Gasteiger partial charge in [-0.25, -0.2) is 9.78 Å². The molecule has 0 N–H and O–H groups in total. The molecule has 2 aromatic heterocycles. The zero-order valence-corrected chi connectivity index (χ0v) is 21.1. The van der Waals surface area contributed by atoms with Gasteiger partial charge in [-0.3, -0.25) is 4.79 Å². The lowest BCUT2D eigenvalue weighted by molar-refractivity contribution is -0.187. The van der Waals surface area contributed by atoms with E-state index in [9.17, 15) is 9.59 Å². The van der Waals surface area contributed by atoms with Crippen LogP contribution < -0.4 is 15.0 Å². The van der Waals surface area contributed by atoms with Crippen molar-refractivity contribution in [1.29, 1.82) is 0 Å². The number of hydrogen-bond donors (Lipinski definition) is 0. The molecule has 0 radical (unpaired) electrons. The van der Waals surface area contributed by atoms with Crippen LogP contribution in [0.2, 0.25) is 0 Å². The number of esters is 1. The Bertz CT molecular complexity index is 1490. The number of rotatable bonds is 5. The van der Waals surface area contributed by atoms with E-state index >= 15 is 0 Å². The molecule has 0 unspecified atom stereocenters. The standard InChI is InChI=1S/C27H29N3O6/c1-6-27(36-14(2)3)19-8-21-24-17(11-30(21)25(31)18(19)12-33-26(27)32)16(10-29(4)5)15-7-22-23(35-13-34-22)9-20(15)28-24/h7-9,14H,6,10-13H2,1-5H3/t27-/m0/s1. The first-order valence-electron chi connectivity index (χ1n) is 12.3. The lowest BCUT2D eigenvalue weighted by atomic mass is 9.85. The molecular formula is C27H29N3O6. The molecule has 0 saturated carbocycles. The first kappa shape index (κ1) is 23.0. The van der Waals surface area contributed by atoms with Crippen molar-refractivity contribution in [2.24, 2.45) is 0 Å². The number of ether oxygens (including phenoxy) is 4. The number of aromatic nitrogens is 2. The SMILES string of the molecule is CC[C@@]1(OC(C)C)C(=O)OCc2c1cc1n(c2=O)Cc2c-1nc1cc3c(cc1c2CN(C)C)OCO3. The highest BCUT2D eigenvalue weighted by Gasteiger charge is 2.48. The number of pyridine rings is 2. The van der Waals surface area contributed by atoms with Crippen LogP contribution in [0.25, 0.3) is 22.3 Å². The van der Waals surface area contributed by atoms with Crippen LogP contribution in [-0.4, -0.2) is 47.4 Å². The molecule has 0 bridgehead atoms. The first-order chi connectivity index (χ1) is 17.2. The van der Waals surface area contributed by atoms with Crippen LogP contribution in [0.15, 0.2) is 23.0 Å². The van der Waals surface area contributed by atoms with Crippen LogP contribution in [0.3, 0.4) is 0 Å². The van der Waals surface area contributed by atoms with E-state index in [1.165, 1.54) is 0 Å². The number of nitrogens with zero attached hydrogens (tertiary/aromatic N) is 3. The summed E-state index contributed by atoms with van der Waals surface area (Å²) in [6, 6.07) is 5.79. The summed E-state index contributed by atoms with van der Waals surface area (Å²) in [6.07, 6.45) is 0.123. The minimum atomic E-state index is -1.32. The Kier molecular flexibility index (Phi) is 5.14. The Morgan fingerprint density at radius 3 is 2.56 bits per heavy atom. The Balaban J connectivity index is 1.63. The minimum absolute atomic E-state index is 0.0613. The van der Waals surface area contributed by atoms with Crippen LogP contribution in [0, 0.1) is 0 Å². The van der Waals surface area contributed by atoms with Gasteiger partial charge in [0, 0.05) is 29.1 Å². The highest BCUT2D eigenvalue weighted by atomic mass is 16.7. The number of fused-ring (bicyclic) bond motifs is 6. The van der Waals surface area contributed by atoms with E-state index in [0.717, 1.165) is 27.7 Å². The summed E-state index contributed by atoms with van der Waals surface area (Å²) in [7, 11) is 4.03. The van der Waals surface area contributed by atoms with Gasteiger partial charge in [-0.15, -0.1) is 0 Å². The van der Waals surface area contributed by atoms with Crippen molar-refractivity contribution < 1.29 is 23.7 Å². The van der Waals surface area contributed by atoms with E-state index in [2.05, 4.69) is 4.90 Å². The Hall–Kier alpha value is -3.43. The summed E-state index contributed by atoms with van der Waals surface area (Å²) >= 11 is 0. The van der Waals surface area contributed by atoms with Gasteiger partial charge in [-0.2, -0.15) is 0 Å². The van der Waals surface area contributed by atoms with E-state index < -0.39 is 11.6 Å². The van der Waals surface area contributed by atoms with E-state index in [0.29, 0.717) is 47.8 Å². The maximum absolute atomic E-state index is 13.8. The molecule has 1 atom stereocenters. The summed E-state index contributed by atoms with van der Waals surface area (Å²) in [4.78, 5) is 34.0. The molecule has 9 nitrogen and oxygen atoms in total. The molecule has 36 heavy (non-hydrogen) atoms. The molecule has 5 heterocycles. The molecule has 0 amide bonds. The molecule has 1 aromatic carbocycles. The molecule has 0 fully saturated rings. The summed E-state index contributed by atoms with van der Waals surface area (Å²) in [5.74, 6) is 0.896. The molecule has 9 heteroatoms. The second-order valence-corrected chi connectivity index (χ2v) is 10.1. The maximum atomic E-state index is 13.8. The quantitative estimate of drug-likeness (QED) is 0.393. The van der Waals surface area contributed by atoms with E-state index in [1.807, 2.05) is 53.1 Å². The summed E-state index contributed by atoms with van der Waals surface area (Å²) in [6.45, 7) is 6.81. The largest absolute Gasteiger partial charge is 0.458 e. The molecule has 0 spiro atoms. The summed E-state index contributed by atoms with van der Waals surface area (Å²) in [5.41, 5.74) is 3.84. The highest BCUT2D eigenvalue weighted by Crippen LogP contribution is 2.44. The number of cyclic esters (lactones) is 1. The molecule has 0 saturated heterocycles. The topological polar surface area (TPSA) is 92.1 Å². The van der Waals surface area contributed by atoms with Crippen LogP contribution in [0.5, 0.6) is 11.5 Å². The summed E-state index contributed by atoms with van der Waals surface area (Å²) < 4.78 is 24.7. The molecule has 3 aliphatic rings. The molecular weight excluding hydrogens is 462 g/mol. The zero-order chi connectivity index (χ0) is 25.4. The van der Waals surface area contributed by atoms with Gasteiger partial charge in [0.25, 0.3) is 5.56 Å². The Labute approximate surface area is 208 Å². The predicted octanol–water partition coefficient (Wildman–Crippen LogP) is 3.30. The fourth-order valence-electron chi connectivity index (χ4n) is 5.63. The smallest absolute Gasteiger partial charge is 0.343 e. The van der Waals surface area contributed by atoms with Gasteiger partial charge in [0.05, 0.1) is 35.1 Å². The molecule has 0 aliphatic carbocycles. The minimum Gasteiger partial charge on any atom is -0.458 e. The van der Waals surface area contributed by atoms with E-state index in [-0.39, 0.29) is 25.1 Å². The van der Waals surface area contributed by atoms with Gasteiger partial charge in [-0.05, 0) is 52.1 Å². The van der Waals surface area contributed by atoms with Crippen molar-refractivity contribution in [3.8, 4) is 22.9 Å². The van der Waals surface area contributed by atoms with Gasteiger partial charge in [-0.1, -0.05) is 6.92 Å². The van der Waals surface area contributed by atoms with Gasteiger partial charge >= 0.3 is 5.97 Å². The van der Waals surface area contributed by atoms with Crippen molar-refractivity contribution in [2.45, 2.75) is 58.6 Å². The van der Waals surface area contributed by atoms with Gasteiger partial charge in [0.1, 0.15) is 6.61 Å². The van der Waals surface area contributed by atoms with Crippen molar-refractivity contribution in [3.05, 3.63) is 50.8 Å². The average molecular weight is 492 g/mol. The van der Waals surface area contributed by atoms with E-state index in [4.69, 9.17) is 23.9 Å². The van der Waals surface area contributed by atoms with Gasteiger partial charge < -0.3 is 28.4 Å². The van der Waals surface area contributed by atoms with Gasteiger partial charge in [0.15, 0.2) is 17.1 Å². The number of carbonyl (C=O) groups excluding carboxylic acids is 1. The monoisotopic (exact) mass is 491 g/mol. The molecule has 6 rings (SSSR count). The normalized spacial score (nSPS) is 19.6. The van der Waals surface area contributed by atoms with Crippen molar-refractivity contribution in [2.75, 3.05) is 20.9 Å². The third-order valence-electron chi connectivity index (χ3n) is 7.18. The number of carbonyl (C=O) groups is 1. The maximum Gasteiger partial charge on any atom is 0.343 e. The lowest BCUT2D eigenvalue weighted by Gasteiger charge is -2.37. The van der Waals surface area contributed by atoms with Crippen LogP contribution in [0.4, 0.5) is 0 Å². The average Bonchev–Trinajstić information content (AvgIpc) is 3.44. The fourth-order valence-corrected chi connectivity index (χ4v) is 5.63. The Morgan fingerprint density at radius 2 is 1.86 bits per heavy atom. The second kappa shape index (κ2) is 8.04. The predicted molar refractivity (Wildman–Crippen MR) is 132 cm³/mol. The number of hydrogen-bond acceptors (Lipinski definition) is 8. The van der Waals surface area contributed by atoms with Crippen molar-refractivity contribution in [3.63, 3.8) is 0 Å². The van der Waals surface area contributed by atoms with E-state index in [1.54, 1.807) is 4.57 Å². The fraction of sp³-hybridized carbons (Fsp3) is 0.444. The highest BCUT2D eigenvalue weighted by molar-refractivity contribution is 5.91. The Morgan fingerprint density at radius 1 is 1.11 bits per heavy atom. The second-order valence-electron chi connectivity index (χ2n) is 10.1. The van der Waals surface area contributed by atoms with Crippen molar-refractivity contribution >= 4 is 16.9 Å². The van der Waals surface area contributed by atoms with Crippen molar-refractivity contribution in [1.82, 2.24) is 14.5 Å². The summed E-state index contributed by atoms with van der Waals surface area (Å²) in [5, 5.41) is 0.974. The molecule has 3 aromatic rings.